The number of aldehydes is 1. The maximum Gasteiger partial charge on any atom is 0.150 e. The molecule has 2 aromatic carbocycles. The number of benzene rings is 2. The molecule has 0 N–H and O–H groups in total. The first-order chi connectivity index (χ1) is 10.1. The molecule has 2 rings (SSSR count). The van der Waals surface area contributed by atoms with Crippen molar-refractivity contribution in [1.29, 1.82) is 0 Å². The molecule has 0 amide bonds. The van der Waals surface area contributed by atoms with Gasteiger partial charge in [0, 0.05) is 5.56 Å². The Morgan fingerprint density at radius 1 is 1.05 bits per heavy atom. The summed E-state index contributed by atoms with van der Waals surface area (Å²) in [5.74, 6) is 1.58. The van der Waals surface area contributed by atoms with Gasteiger partial charge < -0.3 is 9.47 Å². The van der Waals surface area contributed by atoms with Crippen molar-refractivity contribution in [1.82, 2.24) is 0 Å². The molecule has 110 valence electrons. The lowest BCUT2D eigenvalue weighted by Crippen LogP contribution is -2.10. The molecule has 0 radical (unpaired) electrons. The number of carbonyl (C=O) groups is 1. The van der Waals surface area contributed by atoms with Gasteiger partial charge in [0.1, 0.15) is 31.0 Å². The highest BCUT2D eigenvalue weighted by atomic mass is 79.9. The highest BCUT2D eigenvalue weighted by Gasteiger charge is 2.04. The van der Waals surface area contributed by atoms with Crippen LogP contribution < -0.4 is 9.47 Å². The van der Waals surface area contributed by atoms with Gasteiger partial charge in [-0.2, -0.15) is 0 Å². The average molecular weight is 349 g/mol. The normalized spacial score (nSPS) is 10.2. The fourth-order valence-corrected chi connectivity index (χ4v) is 2.40. The van der Waals surface area contributed by atoms with Gasteiger partial charge in [0.25, 0.3) is 0 Å². The van der Waals surface area contributed by atoms with Crippen LogP contribution >= 0.6 is 15.9 Å². The first-order valence-corrected chi connectivity index (χ1v) is 7.47. The number of rotatable bonds is 6. The zero-order chi connectivity index (χ0) is 15.2. The molecule has 2 aromatic rings. The van der Waals surface area contributed by atoms with E-state index in [4.69, 9.17) is 9.47 Å². The van der Waals surface area contributed by atoms with E-state index in [-0.39, 0.29) is 0 Å². The van der Waals surface area contributed by atoms with Crippen LogP contribution in [-0.2, 0) is 0 Å². The standard InChI is InChI=1S/C17H17BrO3/c1-12-4-3-5-16(13(12)2)20-8-9-21-17-7-6-14(11-19)10-15(17)18/h3-7,10-11H,8-9H2,1-2H3. The van der Waals surface area contributed by atoms with E-state index in [1.807, 2.05) is 19.1 Å². The van der Waals surface area contributed by atoms with Gasteiger partial charge in [-0.05, 0) is 65.2 Å². The molecule has 0 unspecified atom stereocenters. The zero-order valence-electron chi connectivity index (χ0n) is 12.1. The van der Waals surface area contributed by atoms with Crippen molar-refractivity contribution in [2.24, 2.45) is 0 Å². The summed E-state index contributed by atoms with van der Waals surface area (Å²) >= 11 is 3.38. The molecular formula is C17H17BrO3. The number of aryl methyl sites for hydroxylation is 1. The van der Waals surface area contributed by atoms with E-state index in [9.17, 15) is 4.79 Å². The van der Waals surface area contributed by atoms with E-state index in [1.54, 1.807) is 18.2 Å². The van der Waals surface area contributed by atoms with Crippen LogP contribution in [0.1, 0.15) is 21.5 Å². The number of ether oxygens (including phenoxy) is 2. The van der Waals surface area contributed by atoms with Crippen LogP contribution in [0.5, 0.6) is 11.5 Å². The fraction of sp³-hybridized carbons (Fsp3) is 0.235. The molecule has 3 nitrogen and oxygen atoms in total. The molecule has 0 aromatic heterocycles. The highest BCUT2D eigenvalue weighted by molar-refractivity contribution is 9.10. The molecule has 0 aliphatic heterocycles. The van der Waals surface area contributed by atoms with Crippen LogP contribution in [0.25, 0.3) is 0 Å². The largest absolute Gasteiger partial charge is 0.490 e. The van der Waals surface area contributed by atoms with Crippen molar-refractivity contribution in [2.75, 3.05) is 13.2 Å². The van der Waals surface area contributed by atoms with Crippen LogP contribution in [0.2, 0.25) is 0 Å². The molecular weight excluding hydrogens is 332 g/mol. The van der Waals surface area contributed by atoms with Crippen molar-refractivity contribution < 1.29 is 14.3 Å². The highest BCUT2D eigenvalue weighted by Crippen LogP contribution is 2.25. The third-order valence-corrected chi connectivity index (χ3v) is 3.87. The summed E-state index contributed by atoms with van der Waals surface area (Å²) in [4.78, 5) is 10.7. The Labute approximate surface area is 133 Å². The predicted octanol–water partition coefficient (Wildman–Crippen LogP) is 4.34. The molecule has 0 aliphatic carbocycles. The van der Waals surface area contributed by atoms with Gasteiger partial charge in [0.2, 0.25) is 0 Å². The van der Waals surface area contributed by atoms with E-state index < -0.39 is 0 Å². The quantitative estimate of drug-likeness (QED) is 0.575. The summed E-state index contributed by atoms with van der Waals surface area (Å²) in [6, 6.07) is 11.2. The molecule has 0 bridgehead atoms. The molecule has 0 atom stereocenters. The van der Waals surface area contributed by atoms with Gasteiger partial charge in [-0.25, -0.2) is 0 Å². The number of carbonyl (C=O) groups excluding carboxylic acids is 1. The Kier molecular flexibility index (Phi) is 5.39. The lowest BCUT2D eigenvalue weighted by atomic mass is 10.1. The molecule has 0 heterocycles. The predicted molar refractivity (Wildman–Crippen MR) is 86.4 cm³/mol. The second-order valence-corrected chi connectivity index (χ2v) is 5.56. The molecule has 21 heavy (non-hydrogen) atoms. The SMILES string of the molecule is Cc1cccc(OCCOc2ccc(C=O)cc2Br)c1C. The molecule has 0 aliphatic rings. The molecule has 4 heteroatoms. The minimum absolute atomic E-state index is 0.437. The third-order valence-electron chi connectivity index (χ3n) is 3.25. The van der Waals surface area contributed by atoms with E-state index in [0.717, 1.165) is 22.1 Å². The summed E-state index contributed by atoms with van der Waals surface area (Å²) in [6.45, 7) is 5.00. The Balaban J connectivity index is 1.87. The van der Waals surface area contributed by atoms with Crippen LogP contribution in [0.4, 0.5) is 0 Å². The minimum atomic E-state index is 0.437. The number of halogens is 1. The zero-order valence-corrected chi connectivity index (χ0v) is 13.6. The van der Waals surface area contributed by atoms with Crippen molar-refractivity contribution in [3.63, 3.8) is 0 Å². The third kappa shape index (κ3) is 4.08. The van der Waals surface area contributed by atoms with E-state index in [1.165, 1.54) is 5.56 Å². The fourth-order valence-electron chi connectivity index (χ4n) is 1.89. The van der Waals surface area contributed by atoms with Crippen LogP contribution in [0.15, 0.2) is 40.9 Å². The van der Waals surface area contributed by atoms with Crippen LogP contribution in [-0.4, -0.2) is 19.5 Å². The molecule has 0 fully saturated rings. The lowest BCUT2D eigenvalue weighted by Gasteiger charge is -2.12. The second kappa shape index (κ2) is 7.27. The summed E-state index contributed by atoms with van der Waals surface area (Å²) < 4.78 is 12.1. The summed E-state index contributed by atoms with van der Waals surface area (Å²) in [5.41, 5.74) is 2.97. The van der Waals surface area contributed by atoms with Crippen molar-refractivity contribution in [3.05, 3.63) is 57.6 Å². The summed E-state index contributed by atoms with van der Waals surface area (Å²) in [6.07, 6.45) is 0.804. The maximum atomic E-state index is 10.7. The minimum Gasteiger partial charge on any atom is -0.490 e. The Morgan fingerprint density at radius 2 is 1.76 bits per heavy atom. The van der Waals surface area contributed by atoms with Crippen LogP contribution in [0, 0.1) is 13.8 Å². The van der Waals surface area contributed by atoms with E-state index in [0.29, 0.717) is 24.5 Å². The lowest BCUT2D eigenvalue weighted by molar-refractivity contribution is 0.112. The first kappa shape index (κ1) is 15.6. The molecule has 0 spiro atoms. The maximum absolute atomic E-state index is 10.7. The Hall–Kier alpha value is -1.81. The first-order valence-electron chi connectivity index (χ1n) is 6.68. The van der Waals surface area contributed by atoms with Gasteiger partial charge >= 0.3 is 0 Å². The summed E-state index contributed by atoms with van der Waals surface area (Å²) in [5, 5.41) is 0. The van der Waals surface area contributed by atoms with Gasteiger partial charge in [-0.15, -0.1) is 0 Å². The smallest absolute Gasteiger partial charge is 0.150 e. The molecule has 0 saturated carbocycles. The van der Waals surface area contributed by atoms with Gasteiger partial charge in [0.15, 0.2) is 0 Å². The van der Waals surface area contributed by atoms with Crippen molar-refractivity contribution in [3.8, 4) is 11.5 Å². The average Bonchev–Trinajstić information content (AvgIpc) is 2.49. The Bertz CT molecular complexity index is 638. The van der Waals surface area contributed by atoms with Crippen molar-refractivity contribution in [2.45, 2.75) is 13.8 Å². The van der Waals surface area contributed by atoms with Gasteiger partial charge in [-0.3, -0.25) is 4.79 Å². The van der Waals surface area contributed by atoms with Crippen LogP contribution in [0.3, 0.4) is 0 Å². The van der Waals surface area contributed by atoms with Crippen molar-refractivity contribution >= 4 is 22.2 Å². The monoisotopic (exact) mass is 348 g/mol. The van der Waals surface area contributed by atoms with E-state index in [2.05, 4.69) is 28.9 Å². The topological polar surface area (TPSA) is 35.5 Å². The molecule has 0 saturated heterocycles. The Morgan fingerprint density at radius 3 is 2.43 bits per heavy atom. The second-order valence-electron chi connectivity index (χ2n) is 4.70. The van der Waals surface area contributed by atoms with Gasteiger partial charge in [-0.1, -0.05) is 12.1 Å². The number of hydrogen-bond acceptors (Lipinski definition) is 3. The van der Waals surface area contributed by atoms with E-state index >= 15 is 0 Å². The van der Waals surface area contributed by atoms with Gasteiger partial charge in [0.05, 0.1) is 4.47 Å². The summed E-state index contributed by atoms with van der Waals surface area (Å²) in [7, 11) is 0. The number of hydrogen-bond donors (Lipinski definition) is 0.